The average Bonchev–Trinajstić information content (AvgIpc) is 3.27. The van der Waals surface area contributed by atoms with Gasteiger partial charge in [-0.25, -0.2) is 4.39 Å². The van der Waals surface area contributed by atoms with Crippen molar-refractivity contribution in [1.29, 1.82) is 0 Å². The monoisotopic (exact) mass is 468 g/mol. The molecule has 0 bridgehead atoms. The molecule has 0 spiro atoms. The smallest absolute Gasteiger partial charge is 0.234 e. The SMILES string of the molecule is O=C(CSc1nnc(Cc2cccc3ccccc23)n1-c1ccccc1)Nc1ccc(F)cc1. The van der Waals surface area contributed by atoms with Gasteiger partial charge in [0.05, 0.1) is 5.75 Å². The van der Waals surface area contributed by atoms with E-state index in [0.29, 0.717) is 17.3 Å². The minimum atomic E-state index is -0.345. The van der Waals surface area contributed by atoms with Crippen LogP contribution in [0.3, 0.4) is 0 Å². The second-order valence-electron chi connectivity index (χ2n) is 7.73. The van der Waals surface area contributed by atoms with Gasteiger partial charge in [0.15, 0.2) is 5.16 Å². The predicted molar refractivity (Wildman–Crippen MR) is 134 cm³/mol. The Morgan fingerprint density at radius 2 is 1.59 bits per heavy atom. The fraction of sp³-hybridized carbons (Fsp3) is 0.0741. The molecule has 1 aromatic heterocycles. The maximum atomic E-state index is 13.1. The molecule has 0 saturated carbocycles. The van der Waals surface area contributed by atoms with Gasteiger partial charge < -0.3 is 5.32 Å². The minimum Gasteiger partial charge on any atom is -0.325 e. The molecule has 168 valence electrons. The van der Waals surface area contributed by atoms with Crippen molar-refractivity contribution in [2.75, 3.05) is 11.1 Å². The second-order valence-corrected chi connectivity index (χ2v) is 8.67. The van der Waals surface area contributed by atoms with E-state index in [1.54, 1.807) is 0 Å². The summed E-state index contributed by atoms with van der Waals surface area (Å²) in [5.41, 5.74) is 2.64. The summed E-state index contributed by atoms with van der Waals surface area (Å²) in [6.45, 7) is 0. The molecule has 1 N–H and O–H groups in total. The number of amides is 1. The van der Waals surface area contributed by atoms with Crippen LogP contribution in [0.25, 0.3) is 16.5 Å². The highest BCUT2D eigenvalue weighted by Gasteiger charge is 2.17. The molecule has 7 heteroatoms. The third-order valence-corrected chi connectivity index (χ3v) is 6.33. The Bertz CT molecular complexity index is 1430. The molecule has 1 heterocycles. The molecule has 0 aliphatic heterocycles. The van der Waals surface area contributed by atoms with Gasteiger partial charge in [0.2, 0.25) is 5.91 Å². The van der Waals surface area contributed by atoms with Crippen molar-refractivity contribution in [3.8, 4) is 5.69 Å². The number of nitrogens with one attached hydrogen (secondary N) is 1. The number of anilines is 1. The van der Waals surface area contributed by atoms with Gasteiger partial charge in [0.25, 0.3) is 0 Å². The van der Waals surface area contributed by atoms with Crippen LogP contribution >= 0.6 is 11.8 Å². The van der Waals surface area contributed by atoms with Gasteiger partial charge in [0, 0.05) is 17.8 Å². The summed E-state index contributed by atoms with van der Waals surface area (Å²) >= 11 is 1.31. The quantitative estimate of drug-likeness (QED) is 0.303. The number of rotatable bonds is 7. The van der Waals surface area contributed by atoms with E-state index >= 15 is 0 Å². The molecular formula is C27H21FN4OS. The predicted octanol–water partition coefficient (Wildman–Crippen LogP) is 5.88. The van der Waals surface area contributed by atoms with Crippen LogP contribution in [-0.4, -0.2) is 26.4 Å². The van der Waals surface area contributed by atoms with Gasteiger partial charge in [-0.15, -0.1) is 10.2 Å². The summed E-state index contributed by atoms with van der Waals surface area (Å²) < 4.78 is 15.1. The largest absolute Gasteiger partial charge is 0.325 e. The number of benzene rings is 4. The Morgan fingerprint density at radius 3 is 2.41 bits per heavy atom. The normalized spacial score (nSPS) is 11.0. The molecular weight excluding hydrogens is 447 g/mol. The van der Waals surface area contributed by atoms with Crippen LogP contribution in [-0.2, 0) is 11.2 Å². The van der Waals surface area contributed by atoms with Crippen LogP contribution in [0.2, 0.25) is 0 Å². The first kappa shape index (κ1) is 21.9. The lowest BCUT2D eigenvalue weighted by Crippen LogP contribution is -2.14. The van der Waals surface area contributed by atoms with Crippen molar-refractivity contribution in [3.63, 3.8) is 0 Å². The molecule has 5 aromatic rings. The summed E-state index contributed by atoms with van der Waals surface area (Å²) in [4.78, 5) is 12.5. The lowest BCUT2D eigenvalue weighted by atomic mass is 10.0. The third-order valence-electron chi connectivity index (χ3n) is 5.40. The van der Waals surface area contributed by atoms with Gasteiger partial charge in [-0.1, -0.05) is 72.4 Å². The maximum absolute atomic E-state index is 13.1. The molecule has 0 fully saturated rings. The summed E-state index contributed by atoms with van der Waals surface area (Å²) in [7, 11) is 0. The van der Waals surface area contributed by atoms with Gasteiger partial charge in [-0.3, -0.25) is 9.36 Å². The van der Waals surface area contributed by atoms with Crippen molar-refractivity contribution in [3.05, 3.63) is 114 Å². The van der Waals surface area contributed by atoms with E-state index < -0.39 is 0 Å². The molecule has 0 radical (unpaired) electrons. The summed E-state index contributed by atoms with van der Waals surface area (Å²) in [6, 6.07) is 30.1. The number of fused-ring (bicyclic) bond motifs is 1. The lowest BCUT2D eigenvalue weighted by molar-refractivity contribution is -0.113. The van der Waals surface area contributed by atoms with Crippen LogP contribution in [0.4, 0.5) is 10.1 Å². The first-order chi connectivity index (χ1) is 16.7. The number of hydrogen-bond acceptors (Lipinski definition) is 4. The van der Waals surface area contributed by atoms with Crippen molar-refractivity contribution in [2.24, 2.45) is 0 Å². The zero-order valence-corrected chi connectivity index (χ0v) is 19.0. The Hall–Kier alpha value is -3.97. The van der Waals surface area contributed by atoms with E-state index in [2.05, 4.69) is 45.8 Å². The molecule has 0 aliphatic rings. The zero-order chi connectivity index (χ0) is 23.3. The minimum absolute atomic E-state index is 0.149. The highest BCUT2D eigenvalue weighted by molar-refractivity contribution is 7.99. The van der Waals surface area contributed by atoms with E-state index in [1.165, 1.54) is 46.8 Å². The molecule has 5 nitrogen and oxygen atoms in total. The molecule has 0 unspecified atom stereocenters. The van der Waals surface area contributed by atoms with Crippen LogP contribution in [0, 0.1) is 5.82 Å². The molecule has 0 saturated heterocycles. The van der Waals surface area contributed by atoms with Gasteiger partial charge in [0.1, 0.15) is 11.6 Å². The average molecular weight is 469 g/mol. The lowest BCUT2D eigenvalue weighted by Gasteiger charge is -2.11. The van der Waals surface area contributed by atoms with Crippen molar-refractivity contribution >= 4 is 34.1 Å². The Labute approximate surface area is 200 Å². The van der Waals surface area contributed by atoms with Gasteiger partial charge in [-0.05, 0) is 52.7 Å². The molecule has 0 aliphatic carbocycles. The van der Waals surface area contributed by atoms with Gasteiger partial charge in [-0.2, -0.15) is 0 Å². The molecule has 0 atom stereocenters. The third kappa shape index (κ3) is 4.84. The van der Waals surface area contributed by atoms with Crippen LogP contribution in [0.15, 0.2) is 102 Å². The Kier molecular flexibility index (Phi) is 6.35. The van der Waals surface area contributed by atoms with Crippen LogP contribution < -0.4 is 5.32 Å². The number of halogens is 1. The molecule has 5 rings (SSSR count). The molecule has 34 heavy (non-hydrogen) atoms. The first-order valence-corrected chi connectivity index (χ1v) is 11.8. The van der Waals surface area contributed by atoms with E-state index in [9.17, 15) is 9.18 Å². The first-order valence-electron chi connectivity index (χ1n) is 10.8. The molecule has 4 aromatic carbocycles. The van der Waals surface area contributed by atoms with E-state index in [0.717, 1.165) is 17.1 Å². The maximum Gasteiger partial charge on any atom is 0.234 e. The second kappa shape index (κ2) is 9.89. The summed E-state index contributed by atoms with van der Waals surface area (Å²) in [5, 5.41) is 14.7. The number of para-hydroxylation sites is 1. The van der Waals surface area contributed by atoms with E-state index in [-0.39, 0.29) is 17.5 Å². The van der Waals surface area contributed by atoms with Crippen molar-refractivity contribution in [2.45, 2.75) is 11.6 Å². The van der Waals surface area contributed by atoms with Crippen LogP contribution in [0.1, 0.15) is 11.4 Å². The fourth-order valence-electron chi connectivity index (χ4n) is 3.82. The Morgan fingerprint density at radius 1 is 0.853 bits per heavy atom. The number of nitrogens with zero attached hydrogens (tertiary/aromatic N) is 3. The highest BCUT2D eigenvalue weighted by Crippen LogP contribution is 2.26. The fourth-order valence-corrected chi connectivity index (χ4v) is 4.59. The zero-order valence-electron chi connectivity index (χ0n) is 18.2. The van der Waals surface area contributed by atoms with E-state index in [1.807, 2.05) is 47.0 Å². The van der Waals surface area contributed by atoms with E-state index in [4.69, 9.17) is 0 Å². The number of carbonyl (C=O) groups excluding carboxylic acids is 1. The highest BCUT2D eigenvalue weighted by atomic mass is 32.2. The van der Waals surface area contributed by atoms with Crippen molar-refractivity contribution in [1.82, 2.24) is 14.8 Å². The number of hydrogen-bond donors (Lipinski definition) is 1. The Balaban J connectivity index is 1.41. The van der Waals surface area contributed by atoms with Crippen molar-refractivity contribution < 1.29 is 9.18 Å². The standard InChI is InChI=1S/C27H21FN4OS/c28-21-13-15-22(16-14-21)29-26(33)18-34-27-31-30-25(32(27)23-10-2-1-3-11-23)17-20-9-6-8-19-7-4-5-12-24(19)20/h1-16H,17-18H2,(H,29,33). The van der Waals surface area contributed by atoms with Crippen LogP contribution in [0.5, 0.6) is 0 Å². The number of aromatic nitrogens is 3. The number of carbonyl (C=O) groups is 1. The summed E-state index contributed by atoms with van der Waals surface area (Å²) in [6.07, 6.45) is 0.603. The topological polar surface area (TPSA) is 59.8 Å². The molecule has 1 amide bonds. The number of thioether (sulfide) groups is 1. The van der Waals surface area contributed by atoms with Gasteiger partial charge >= 0.3 is 0 Å². The summed E-state index contributed by atoms with van der Waals surface area (Å²) in [5.74, 6) is 0.400.